The molecule has 0 radical (unpaired) electrons. The highest BCUT2D eigenvalue weighted by atomic mass is 16.1. The summed E-state index contributed by atoms with van der Waals surface area (Å²) in [6.07, 6.45) is 0. The van der Waals surface area contributed by atoms with E-state index in [4.69, 9.17) is 0 Å². The van der Waals surface area contributed by atoms with Crippen molar-refractivity contribution >= 4 is 5.91 Å². The normalized spacial score (nSPS) is 11.4. The number of aryl methyl sites for hydroxylation is 2. The van der Waals surface area contributed by atoms with Crippen LogP contribution in [0.4, 0.5) is 0 Å². The number of rotatable bonds is 7. The minimum absolute atomic E-state index is 0.0850. The molecule has 0 spiro atoms. The number of hydrogen-bond acceptors (Lipinski definition) is 2. The fourth-order valence-electron chi connectivity index (χ4n) is 4.37. The molecular weight excluding hydrogens is 406 g/mol. The van der Waals surface area contributed by atoms with Gasteiger partial charge in [-0.05, 0) is 44.4 Å². The van der Waals surface area contributed by atoms with Gasteiger partial charge < -0.3 is 5.32 Å². The van der Waals surface area contributed by atoms with E-state index in [9.17, 15) is 4.79 Å². The molecule has 0 saturated heterocycles. The van der Waals surface area contributed by atoms with Gasteiger partial charge in [-0.3, -0.25) is 9.48 Å². The van der Waals surface area contributed by atoms with Crippen molar-refractivity contribution in [3.63, 3.8) is 0 Å². The number of aromatic nitrogens is 2. The maximum atomic E-state index is 13.3. The summed E-state index contributed by atoms with van der Waals surface area (Å²) in [5.41, 5.74) is 6.67. The van der Waals surface area contributed by atoms with Crippen LogP contribution in [0.3, 0.4) is 0 Å². The lowest BCUT2D eigenvalue weighted by atomic mass is 9.76. The minimum atomic E-state index is -0.349. The highest BCUT2D eigenvalue weighted by Crippen LogP contribution is 2.31. The lowest BCUT2D eigenvalue weighted by Gasteiger charge is -2.31. The molecule has 3 aromatic carbocycles. The van der Waals surface area contributed by atoms with Gasteiger partial charge >= 0.3 is 0 Å². The second-order valence-corrected chi connectivity index (χ2v) is 8.94. The first kappa shape index (κ1) is 22.5. The quantitative estimate of drug-likeness (QED) is 0.409. The third kappa shape index (κ3) is 4.75. The lowest BCUT2D eigenvalue weighted by Crippen LogP contribution is -2.40. The topological polar surface area (TPSA) is 46.9 Å². The summed E-state index contributed by atoms with van der Waals surface area (Å²) >= 11 is 0. The summed E-state index contributed by atoms with van der Waals surface area (Å²) in [5, 5.41) is 7.88. The van der Waals surface area contributed by atoms with Crippen molar-refractivity contribution in [1.82, 2.24) is 15.1 Å². The molecule has 0 atom stereocenters. The van der Waals surface area contributed by atoms with Gasteiger partial charge in [-0.15, -0.1) is 0 Å². The number of benzene rings is 3. The van der Waals surface area contributed by atoms with Crippen molar-refractivity contribution in [3.05, 3.63) is 124 Å². The first-order chi connectivity index (χ1) is 15.9. The fraction of sp³-hybridized carbons (Fsp3) is 0.241. The van der Waals surface area contributed by atoms with Crippen molar-refractivity contribution in [3.8, 4) is 0 Å². The molecule has 4 heteroatoms. The van der Waals surface area contributed by atoms with Gasteiger partial charge in [0.15, 0.2) is 0 Å². The Labute approximate surface area is 196 Å². The highest BCUT2D eigenvalue weighted by Gasteiger charge is 2.30. The van der Waals surface area contributed by atoms with E-state index in [0.717, 1.165) is 11.4 Å². The van der Waals surface area contributed by atoms with E-state index in [1.165, 1.54) is 22.3 Å². The molecule has 4 nitrogen and oxygen atoms in total. The number of nitrogens with one attached hydrogen (secondary N) is 1. The molecule has 168 valence electrons. The first-order valence-corrected chi connectivity index (χ1v) is 11.4. The van der Waals surface area contributed by atoms with E-state index in [0.29, 0.717) is 18.7 Å². The third-order valence-electron chi connectivity index (χ3n) is 6.49. The maximum absolute atomic E-state index is 13.3. The van der Waals surface area contributed by atoms with Crippen LogP contribution >= 0.6 is 0 Å². The summed E-state index contributed by atoms with van der Waals surface area (Å²) in [6.45, 7) is 9.26. The van der Waals surface area contributed by atoms with Gasteiger partial charge in [0.05, 0.1) is 17.8 Å². The number of carbonyl (C=O) groups is 1. The predicted octanol–water partition coefficient (Wildman–Crippen LogP) is 5.59. The van der Waals surface area contributed by atoms with Gasteiger partial charge in [0.2, 0.25) is 0 Å². The molecule has 1 aromatic heterocycles. The van der Waals surface area contributed by atoms with Gasteiger partial charge in [0.1, 0.15) is 0 Å². The summed E-state index contributed by atoms with van der Waals surface area (Å²) < 4.78 is 1.92. The van der Waals surface area contributed by atoms with Crippen LogP contribution in [0.2, 0.25) is 0 Å². The summed E-state index contributed by atoms with van der Waals surface area (Å²) in [7, 11) is 0. The van der Waals surface area contributed by atoms with Gasteiger partial charge in [0.25, 0.3) is 5.91 Å². The maximum Gasteiger partial charge on any atom is 0.255 e. The van der Waals surface area contributed by atoms with Crippen LogP contribution < -0.4 is 5.32 Å². The van der Waals surface area contributed by atoms with Crippen LogP contribution in [0.5, 0.6) is 0 Å². The van der Waals surface area contributed by atoms with Gasteiger partial charge in [-0.2, -0.15) is 5.10 Å². The Morgan fingerprint density at radius 3 is 1.94 bits per heavy atom. The van der Waals surface area contributed by atoms with Crippen LogP contribution in [0.1, 0.15) is 50.9 Å². The molecule has 0 bridgehead atoms. The molecule has 0 aliphatic rings. The smallest absolute Gasteiger partial charge is 0.255 e. The Morgan fingerprint density at radius 1 is 0.848 bits per heavy atom. The van der Waals surface area contributed by atoms with Crippen LogP contribution in [0.15, 0.2) is 84.9 Å². The molecule has 0 aliphatic carbocycles. The Morgan fingerprint density at radius 2 is 1.39 bits per heavy atom. The number of hydrogen-bond donors (Lipinski definition) is 1. The Bertz CT molecular complexity index is 1190. The van der Waals surface area contributed by atoms with Crippen LogP contribution in [0.25, 0.3) is 0 Å². The van der Waals surface area contributed by atoms with Gasteiger partial charge in [-0.25, -0.2) is 0 Å². The third-order valence-corrected chi connectivity index (χ3v) is 6.49. The van der Waals surface area contributed by atoms with Crippen LogP contribution in [-0.2, 0) is 12.0 Å². The molecule has 33 heavy (non-hydrogen) atoms. The zero-order valence-corrected chi connectivity index (χ0v) is 19.8. The largest absolute Gasteiger partial charge is 0.351 e. The Kier molecular flexibility index (Phi) is 6.45. The fourth-order valence-corrected chi connectivity index (χ4v) is 4.37. The molecule has 0 aliphatic heterocycles. The van der Waals surface area contributed by atoms with Gasteiger partial charge in [-0.1, -0.05) is 90.5 Å². The molecule has 1 amide bonds. The lowest BCUT2D eigenvalue weighted by molar-refractivity contribution is 0.0946. The first-order valence-electron chi connectivity index (χ1n) is 11.4. The predicted molar refractivity (Wildman–Crippen MR) is 134 cm³/mol. The van der Waals surface area contributed by atoms with E-state index in [1.54, 1.807) is 0 Å². The van der Waals surface area contributed by atoms with E-state index < -0.39 is 0 Å². The van der Waals surface area contributed by atoms with Crippen molar-refractivity contribution < 1.29 is 4.79 Å². The molecule has 4 rings (SSSR count). The Hall–Kier alpha value is -3.66. The molecule has 0 saturated carbocycles. The average Bonchev–Trinajstić information content (AvgIpc) is 3.12. The zero-order valence-electron chi connectivity index (χ0n) is 19.8. The number of amides is 1. The monoisotopic (exact) mass is 437 g/mol. The molecule has 4 aromatic rings. The number of nitrogens with zero attached hydrogens (tertiary/aromatic N) is 2. The standard InChI is InChI=1S/C29H31N3O/c1-21-15-17-24(18-16-21)19-32-23(3)27(22(2)31-32)28(33)30-20-29(4,25-11-7-5-8-12-25)26-13-9-6-10-14-26/h5-18H,19-20H2,1-4H3,(H,30,33). The summed E-state index contributed by atoms with van der Waals surface area (Å²) in [4.78, 5) is 13.3. The van der Waals surface area contributed by atoms with Crippen molar-refractivity contribution in [2.45, 2.75) is 39.7 Å². The van der Waals surface area contributed by atoms with Crippen molar-refractivity contribution in [2.24, 2.45) is 0 Å². The minimum Gasteiger partial charge on any atom is -0.351 e. The molecule has 0 unspecified atom stereocenters. The highest BCUT2D eigenvalue weighted by molar-refractivity contribution is 5.96. The van der Waals surface area contributed by atoms with Crippen molar-refractivity contribution in [2.75, 3.05) is 6.54 Å². The van der Waals surface area contributed by atoms with Crippen LogP contribution in [0, 0.1) is 20.8 Å². The Balaban J connectivity index is 1.57. The second-order valence-electron chi connectivity index (χ2n) is 8.94. The molecular formula is C29H31N3O. The van der Waals surface area contributed by atoms with E-state index in [2.05, 4.69) is 72.8 Å². The van der Waals surface area contributed by atoms with Gasteiger partial charge in [0, 0.05) is 17.7 Å². The van der Waals surface area contributed by atoms with E-state index >= 15 is 0 Å². The van der Waals surface area contributed by atoms with E-state index in [-0.39, 0.29) is 11.3 Å². The average molecular weight is 438 g/mol. The SMILES string of the molecule is Cc1ccc(Cn2nc(C)c(C(=O)NCC(C)(c3ccccc3)c3ccccc3)c2C)cc1. The summed E-state index contributed by atoms with van der Waals surface area (Å²) in [6, 6.07) is 29.1. The van der Waals surface area contributed by atoms with Crippen LogP contribution in [-0.4, -0.2) is 22.2 Å². The zero-order chi connectivity index (χ0) is 23.4. The second kappa shape index (κ2) is 9.45. The van der Waals surface area contributed by atoms with Crippen molar-refractivity contribution in [1.29, 1.82) is 0 Å². The van der Waals surface area contributed by atoms with E-state index in [1.807, 2.05) is 54.9 Å². The molecule has 0 fully saturated rings. The molecule has 1 N–H and O–H groups in total. The number of carbonyl (C=O) groups excluding carboxylic acids is 1. The molecule has 1 heterocycles. The summed E-state index contributed by atoms with van der Waals surface area (Å²) in [5.74, 6) is -0.0850.